The Morgan fingerprint density at radius 3 is 2.06 bits per heavy atom. The fraction of sp³-hybridized carbons (Fsp3) is 0.447. The van der Waals surface area contributed by atoms with Gasteiger partial charge in [0.05, 0.1) is 35.6 Å². The van der Waals surface area contributed by atoms with Crippen LogP contribution in [0.25, 0.3) is 0 Å². The van der Waals surface area contributed by atoms with Gasteiger partial charge < -0.3 is 44.3 Å². The molecule has 1 aliphatic heterocycles. The van der Waals surface area contributed by atoms with Crippen LogP contribution in [0.2, 0.25) is 0 Å². The van der Waals surface area contributed by atoms with E-state index in [4.69, 9.17) is 34.3 Å². The molecule has 1 heterocycles. The quantitative estimate of drug-likeness (QED) is 0.123. The van der Waals surface area contributed by atoms with Crippen LogP contribution in [0.15, 0.2) is 102 Å². The Balaban J connectivity index is 1.43. The molecular weight excluding hydrogens is 803 g/mol. The van der Waals surface area contributed by atoms with Gasteiger partial charge in [-0.25, -0.2) is 9.59 Å². The Morgan fingerprint density at radius 2 is 1.50 bits per heavy atom. The van der Waals surface area contributed by atoms with E-state index < -0.39 is 132 Å². The number of ketones is 1. The van der Waals surface area contributed by atoms with Crippen LogP contribution >= 0.6 is 0 Å². The summed E-state index contributed by atoms with van der Waals surface area (Å²) in [6.45, 7) is 2.89. The zero-order valence-electron chi connectivity index (χ0n) is 38.7. The highest BCUT2D eigenvalue weighted by atomic mass is 16.6. The molecule has 62 heavy (non-hydrogen) atoms. The summed E-state index contributed by atoms with van der Waals surface area (Å²) >= 11 is 0. The maximum Gasteiger partial charge on any atom is 0.338 e. The van der Waals surface area contributed by atoms with Crippen molar-refractivity contribution >= 4 is 35.6 Å². The number of aliphatic hydroxyl groups excluding tert-OH is 2. The van der Waals surface area contributed by atoms with Gasteiger partial charge in [0.25, 0.3) is 5.91 Å². The largest absolute Gasteiger partial charge is 0.456 e. The van der Waals surface area contributed by atoms with Crippen molar-refractivity contribution in [3.8, 4) is 0 Å². The number of carbonyl (C=O) groups is 6. The Morgan fingerprint density at radius 1 is 0.887 bits per heavy atom. The summed E-state index contributed by atoms with van der Waals surface area (Å²) in [5, 5.41) is 32.6. The lowest BCUT2D eigenvalue weighted by molar-refractivity contribution is -0.346. The number of fused-ring (bicyclic) bond motifs is 5. The fourth-order valence-corrected chi connectivity index (χ4v) is 10.1. The van der Waals surface area contributed by atoms with Crippen molar-refractivity contribution in [1.82, 2.24) is 5.32 Å². The number of carbonyl (C=O) groups excluding carboxylic acids is 6. The average molecular weight is 858 g/mol. The average Bonchev–Trinajstić information content (AvgIpc) is 3.28. The van der Waals surface area contributed by atoms with E-state index in [2.05, 4.69) is 5.32 Å². The standard InChI is InChI=1S/C47H51NO14/c1-25-31(60-43(56)36(52)35(28-16-10-7-11-17-28)48-41(54)29-18-12-8-13-19-29)23-47(57)40(61-42(55)30-20-14-9-15-21-30)38-45(6,32(51)22-33-46(38,24-58-33)62-27(3)50)39(53)37(59-26(2)49)34(25)44(47,4)5/h7-21,31-33,35-38,40,51-52,57H,22-24H2,1-6H3,(H,48,54)/t31-,32-,33?,35-,36+,37+,38?,40-,45+,46-,47+/m0/s1/i3D3,57D. The molecule has 3 aromatic carbocycles. The van der Waals surface area contributed by atoms with E-state index in [0.29, 0.717) is 5.56 Å². The molecule has 15 nitrogen and oxygen atoms in total. The smallest absolute Gasteiger partial charge is 0.338 e. The van der Waals surface area contributed by atoms with Crippen molar-refractivity contribution in [2.45, 2.75) is 108 Å². The van der Waals surface area contributed by atoms with E-state index in [1.54, 1.807) is 66.7 Å². The Labute approximate surface area is 364 Å². The van der Waals surface area contributed by atoms with Gasteiger partial charge in [0.2, 0.25) is 1.43 Å². The molecule has 0 aromatic heterocycles. The molecule has 0 spiro atoms. The Hall–Kier alpha value is -5.74. The second-order valence-electron chi connectivity index (χ2n) is 17.1. The molecule has 1 saturated heterocycles. The van der Waals surface area contributed by atoms with Gasteiger partial charge in [0, 0.05) is 41.7 Å². The highest BCUT2D eigenvalue weighted by molar-refractivity contribution is 5.96. The van der Waals surface area contributed by atoms with Gasteiger partial charge in [-0.1, -0.05) is 80.6 Å². The normalized spacial score (nSPS) is 33.0. The van der Waals surface area contributed by atoms with Gasteiger partial charge in [-0.3, -0.25) is 19.2 Å². The van der Waals surface area contributed by atoms with Crippen molar-refractivity contribution in [3.63, 3.8) is 0 Å². The van der Waals surface area contributed by atoms with Gasteiger partial charge in [-0.2, -0.15) is 0 Å². The van der Waals surface area contributed by atoms with Crippen LogP contribution < -0.4 is 5.32 Å². The van der Waals surface area contributed by atoms with Gasteiger partial charge in [-0.05, 0) is 54.8 Å². The molecule has 1 amide bonds. The van der Waals surface area contributed by atoms with Gasteiger partial charge in [-0.15, -0.1) is 0 Å². The molecule has 2 unspecified atom stereocenters. The summed E-state index contributed by atoms with van der Waals surface area (Å²) < 4.78 is 62.9. The van der Waals surface area contributed by atoms with Crippen molar-refractivity contribution in [3.05, 3.63) is 119 Å². The predicted molar refractivity (Wildman–Crippen MR) is 218 cm³/mol. The predicted octanol–water partition coefficient (Wildman–Crippen LogP) is 3.74. The summed E-state index contributed by atoms with van der Waals surface area (Å²) in [5.41, 5.74) is -7.98. The Bertz CT molecular complexity index is 2420. The van der Waals surface area contributed by atoms with Crippen molar-refractivity contribution < 1.29 is 71.9 Å². The number of Topliss-reactive ketones (excluding diaryl/α,β-unsaturated/α-hetero) is 1. The molecule has 3 aromatic rings. The van der Waals surface area contributed by atoms with Crippen LogP contribution in [0.5, 0.6) is 0 Å². The molecule has 328 valence electrons. The number of nitrogens with one attached hydrogen (secondary N) is 1. The second-order valence-corrected chi connectivity index (χ2v) is 17.1. The van der Waals surface area contributed by atoms with E-state index in [1.807, 2.05) is 0 Å². The van der Waals surface area contributed by atoms with Crippen molar-refractivity contribution in [2.24, 2.45) is 16.7 Å². The molecule has 0 radical (unpaired) electrons. The van der Waals surface area contributed by atoms with Crippen LogP contribution in [0.4, 0.5) is 0 Å². The number of rotatable bonds is 11. The number of amides is 1. The summed E-state index contributed by atoms with van der Waals surface area (Å²) in [7, 11) is 0. The topological polar surface area (TPSA) is 221 Å². The summed E-state index contributed by atoms with van der Waals surface area (Å²) in [4.78, 5) is 84.6. The van der Waals surface area contributed by atoms with Crippen LogP contribution in [0.3, 0.4) is 0 Å². The lowest BCUT2D eigenvalue weighted by Gasteiger charge is -2.67. The fourth-order valence-electron chi connectivity index (χ4n) is 10.1. The molecule has 2 saturated carbocycles. The summed E-state index contributed by atoms with van der Waals surface area (Å²) in [5.74, 6) is -8.45. The van der Waals surface area contributed by atoms with Gasteiger partial charge in [0.1, 0.15) is 23.9 Å². The summed E-state index contributed by atoms with van der Waals surface area (Å²) in [6, 6.07) is 22.3. The second kappa shape index (κ2) is 16.5. The van der Waals surface area contributed by atoms with Crippen LogP contribution in [-0.4, -0.2) is 107 Å². The zero-order chi connectivity index (χ0) is 48.1. The third-order valence-corrected chi connectivity index (χ3v) is 13.4. The zero-order valence-corrected chi connectivity index (χ0v) is 34.7. The highest BCUT2D eigenvalue weighted by Crippen LogP contribution is 2.64. The monoisotopic (exact) mass is 857 g/mol. The van der Waals surface area contributed by atoms with Crippen LogP contribution in [0.1, 0.15) is 90.7 Å². The Kier molecular flexibility index (Phi) is 10.4. The molecular formula is C47H51NO14. The number of aliphatic hydroxyl groups is 3. The third kappa shape index (κ3) is 7.29. The third-order valence-electron chi connectivity index (χ3n) is 13.4. The molecule has 4 aliphatic rings. The van der Waals surface area contributed by atoms with E-state index in [1.165, 1.54) is 52.0 Å². The number of esters is 4. The van der Waals surface area contributed by atoms with Crippen LogP contribution in [0, 0.1) is 16.7 Å². The first kappa shape index (κ1) is 39.1. The lowest BCUT2D eigenvalue weighted by Crippen LogP contribution is -2.82. The van der Waals surface area contributed by atoms with E-state index in [9.17, 15) is 34.2 Å². The minimum absolute atomic E-state index is 0.0204. The number of hydrogen-bond donors (Lipinski definition) is 4. The SMILES string of the molecule is [2H]O[C@]12C[C@H](OC(=O)[C@H](O)[C@@H](NC(=O)c3ccccc3)c3ccccc3)C(C)=C([C@@H](OC(C)=O)C(=O)[C@@]3(C)C([C@@H]1OC(=O)c1ccccc1)[C@]1(OC(=O)C([2H])([2H])[2H])COC1C[C@@H]3O)C2(C)C. The summed E-state index contributed by atoms with van der Waals surface area (Å²) in [6.07, 6.45) is -11.6. The minimum Gasteiger partial charge on any atom is -0.456 e. The first-order valence-corrected chi connectivity index (χ1v) is 20.2. The molecule has 15 heteroatoms. The van der Waals surface area contributed by atoms with Crippen molar-refractivity contribution in [1.29, 1.82) is 1.43 Å². The number of hydrogen-bond acceptors (Lipinski definition) is 14. The molecule has 11 atom stereocenters. The number of benzene rings is 3. The molecule has 7 rings (SSSR count). The van der Waals surface area contributed by atoms with E-state index in [-0.39, 0.29) is 22.3 Å². The molecule has 2 bridgehead atoms. The molecule has 4 N–H and O–H groups in total. The maximum absolute atomic E-state index is 15.7. The van der Waals surface area contributed by atoms with E-state index >= 15 is 4.79 Å². The maximum atomic E-state index is 15.7. The minimum atomic E-state index is -3.36. The molecule has 3 fully saturated rings. The molecule has 3 aliphatic carbocycles. The lowest BCUT2D eigenvalue weighted by atomic mass is 9.44. The van der Waals surface area contributed by atoms with Gasteiger partial charge in [0.15, 0.2) is 23.6 Å². The van der Waals surface area contributed by atoms with Crippen LogP contribution in [-0.2, 0) is 42.9 Å². The first-order chi connectivity index (χ1) is 31.0. The van der Waals surface area contributed by atoms with Crippen molar-refractivity contribution in [2.75, 3.05) is 6.61 Å². The number of ether oxygens (including phenoxy) is 5. The highest BCUT2D eigenvalue weighted by Gasteiger charge is 2.78. The first-order valence-electron chi connectivity index (χ1n) is 22.1. The van der Waals surface area contributed by atoms with Gasteiger partial charge >= 0.3 is 23.9 Å². The van der Waals surface area contributed by atoms with E-state index in [0.717, 1.165) is 6.92 Å².